The SMILES string of the molecule is N#COc1ccc(C=Cc2ccccc2)c(S(=O)(=O)O)c1S(=O)(=O)O. The molecule has 2 aromatic carbocycles. The number of rotatable bonds is 5. The molecule has 0 fully saturated rings. The summed E-state index contributed by atoms with van der Waals surface area (Å²) >= 11 is 0. The van der Waals surface area contributed by atoms with Crippen LogP contribution in [0.3, 0.4) is 0 Å². The number of hydrogen-bond acceptors (Lipinski definition) is 6. The average molecular weight is 381 g/mol. The van der Waals surface area contributed by atoms with Gasteiger partial charge in [-0.1, -0.05) is 42.5 Å². The van der Waals surface area contributed by atoms with E-state index in [1.165, 1.54) is 18.4 Å². The normalized spacial score (nSPS) is 12.0. The van der Waals surface area contributed by atoms with Crippen LogP contribution in [0.5, 0.6) is 5.75 Å². The Morgan fingerprint density at radius 2 is 1.48 bits per heavy atom. The summed E-state index contributed by atoms with van der Waals surface area (Å²) in [7, 11) is -10.2. The average Bonchev–Trinajstić information content (AvgIpc) is 2.52. The first-order valence-electron chi connectivity index (χ1n) is 6.55. The topological polar surface area (TPSA) is 142 Å². The highest BCUT2D eigenvalue weighted by atomic mass is 32.2. The third-order valence-electron chi connectivity index (χ3n) is 3.03. The fourth-order valence-electron chi connectivity index (χ4n) is 2.08. The van der Waals surface area contributed by atoms with Gasteiger partial charge in [-0.3, -0.25) is 9.11 Å². The van der Waals surface area contributed by atoms with Crippen molar-refractivity contribution in [2.45, 2.75) is 9.79 Å². The molecule has 0 bridgehead atoms. The second kappa shape index (κ2) is 7.04. The number of nitriles is 1. The van der Waals surface area contributed by atoms with Crippen molar-refractivity contribution in [3.05, 3.63) is 53.6 Å². The molecule has 0 spiro atoms. The molecule has 0 aliphatic rings. The maximum Gasteiger partial charge on any atom is 0.299 e. The molecule has 0 saturated heterocycles. The molecular weight excluding hydrogens is 370 g/mol. The van der Waals surface area contributed by atoms with E-state index in [4.69, 9.17) is 5.26 Å². The van der Waals surface area contributed by atoms with E-state index in [9.17, 15) is 25.9 Å². The van der Waals surface area contributed by atoms with Gasteiger partial charge < -0.3 is 4.74 Å². The van der Waals surface area contributed by atoms with Gasteiger partial charge in [0.25, 0.3) is 26.5 Å². The number of hydrogen-bond donors (Lipinski definition) is 2. The molecule has 0 amide bonds. The van der Waals surface area contributed by atoms with E-state index in [2.05, 4.69) is 4.74 Å². The molecule has 2 N–H and O–H groups in total. The smallest absolute Gasteiger partial charge is 0.299 e. The fraction of sp³-hybridized carbons (Fsp3) is 0. The van der Waals surface area contributed by atoms with E-state index in [1.807, 2.05) is 0 Å². The van der Waals surface area contributed by atoms with Crippen LogP contribution in [0.15, 0.2) is 52.3 Å². The van der Waals surface area contributed by atoms with Gasteiger partial charge in [0, 0.05) is 0 Å². The molecule has 0 aliphatic carbocycles. The van der Waals surface area contributed by atoms with Crippen molar-refractivity contribution in [2.75, 3.05) is 0 Å². The molecule has 0 radical (unpaired) electrons. The molecule has 25 heavy (non-hydrogen) atoms. The van der Waals surface area contributed by atoms with E-state index in [0.717, 1.165) is 12.1 Å². The van der Waals surface area contributed by atoms with Crippen LogP contribution in [0, 0.1) is 11.5 Å². The first kappa shape index (κ1) is 18.6. The number of benzene rings is 2. The molecule has 10 heteroatoms. The van der Waals surface area contributed by atoms with Gasteiger partial charge in [-0.05, 0) is 23.3 Å². The highest BCUT2D eigenvalue weighted by Gasteiger charge is 2.31. The Hall–Kier alpha value is -2.71. The summed E-state index contributed by atoms with van der Waals surface area (Å²) in [6, 6.07) is 10.8. The highest BCUT2D eigenvalue weighted by molar-refractivity contribution is 7.89. The van der Waals surface area contributed by atoms with Crippen molar-refractivity contribution in [1.82, 2.24) is 0 Å². The van der Waals surface area contributed by atoms with E-state index in [-0.39, 0.29) is 5.56 Å². The molecule has 0 aromatic heterocycles. The summed E-state index contributed by atoms with van der Waals surface area (Å²) in [5, 5.41) is 8.55. The Kier molecular flexibility index (Phi) is 5.24. The van der Waals surface area contributed by atoms with Crippen LogP contribution in [0.25, 0.3) is 12.2 Å². The number of nitrogens with zero attached hydrogens (tertiary/aromatic N) is 1. The van der Waals surface area contributed by atoms with Crippen LogP contribution >= 0.6 is 0 Å². The standard InChI is InChI=1S/C15H11NO7S2/c16-10-23-13-9-8-12(7-6-11-4-2-1-3-5-11)14(24(17,18)19)15(13)25(20,21)22/h1-9H,(H,17,18,19)(H,20,21,22). The zero-order valence-electron chi connectivity index (χ0n) is 12.4. The molecule has 2 aromatic rings. The molecule has 130 valence electrons. The number of ether oxygens (including phenoxy) is 1. The fourth-order valence-corrected chi connectivity index (χ4v) is 4.20. The van der Waals surface area contributed by atoms with Gasteiger partial charge in [-0.2, -0.15) is 16.8 Å². The largest absolute Gasteiger partial charge is 0.386 e. The minimum absolute atomic E-state index is 0.218. The van der Waals surface area contributed by atoms with Crippen LogP contribution in [0.2, 0.25) is 0 Å². The Morgan fingerprint density at radius 1 is 0.880 bits per heavy atom. The van der Waals surface area contributed by atoms with E-state index < -0.39 is 35.8 Å². The highest BCUT2D eigenvalue weighted by Crippen LogP contribution is 2.34. The summed E-state index contributed by atoms with van der Waals surface area (Å²) < 4.78 is 69.7. The lowest BCUT2D eigenvalue weighted by molar-refractivity contribution is 0.446. The molecule has 2 rings (SSSR count). The molecular formula is C15H11NO7S2. The van der Waals surface area contributed by atoms with Crippen LogP contribution in [0.4, 0.5) is 0 Å². The summed E-state index contributed by atoms with van der Waals surface area (Å²) in [5.74, 6) is -0.727. The van der Waals surface area contributed by atoms with E-state index >= 15 is 0 Å². The maximum absolute atomic E-state index is 11.7. The monoisotopic (exact) mass is 381 g/mol. The predicted octanol–water partition coefficient (Wildman–Crippen LogP) is 2.21. The maximum atomic E-state index is 11.7. The summed E-state index contributed by atoms with van der Waals surface area (Å²) in [6.45, 7) is 0. The second-order valence-electron chi connectivity index (χ2n) is 4.70. The molecule has 8 nitrogen and oxygen atoms in total. The quantitative estimate of drug-likeness (QED) is 0.456. The molecule has 0 heterocycles. The predicted molar refractivity (Wildman–Crippen MR) is 87.7 cm³/mol. The van der Waals surface area contributed by atoms with Gasteiger partial charge in [-0.25, -0.2) is 0 Å². The van der Waals surface area contributed by atoms with E-state index in [1.54, 1.807) is 30.3 Å². The van der Waals surface area contributed by atoms with Gasteiger partial charge in [0.2, 0.25) is 0 Å². The molecule has 0 saturated carbocycles. The summed E-state index contributed by atoms with van der Waals surface area (Å²) in [6.07, 6.45) is 3.90. The van der Waals surface area contributed by atoms with Crippen molar-refractivity contribution in [3.8, 4) is 12.0 Å². The molecule has 0 atom stereocenters. The van der Waals surface area contributed by atoms with Crippen molar-refractivity contribution in [3.63, 3.8) is 0 Å². The third kappa shape index (κ3) is 4.43. The zero-order valence-corrected chi connectivity index (χ0v) is 14.0. The van der Waals surface area contributed by atoms with Crippen LogP contribution in [-0.2, 0) is 20.2 Å². The third-order valence-corrected chi connectivity index (χ3v) is 5.04. The second-order valence-corrected chi connectivity index (χ2v) is 7.42. The molecule has 0 aliphatic heterocycles. The van der Waals surface area contributed by atoms with Gasteiger partial charge in [0.1, 0.15) is 4.90 Å². The van der Waals surface area contributed by atoms with E-state index in [0.29, 0.717) is 5.56 Å². The van der Waals surface area contributed by atoms with Crippen LogP contribution < -0.4 is 4.74 Å². The first-order chi connectivity index (χ1) is 11.6. The van der Waals surface area contributed by atoms with Crippen molar-refractivity contribution >= 4 is 32.4 Å². The Balaban J connectivity index is 2.78. The summed E-state index contributed by atoms with van der Waals surface area (Å²) in [5.41, 5.74) is 0.457. The van der Waals surface area contributed by atoms with Gasteiger partial charge in [0.05, 0.1) is 0 Å². The van der Waals surface area contributed by atoms with Gasteiger partial charge in [-0.15, -0.1) is 5.26 Å². The first-order valence-corrected chi connectivity index (χ1v) is 9.43. The minimum Gasteiger partial charge on any atom is -0.386 e. The van der Waals surface area contributed by atoms with Crippen molar-refractivity contribution in [1.29, 1.82) is 5.26 Å². The lowest BCUT2D eigenvalue weighted by Gasteiger charge is -2.11. The molecule has 0 unspecified atom stereocenters. The van der Waals surface area contributed by atoms with Crippen molar-refractivity contribution < 1.29 is 30.7 Å². The lowest BCUT2D eigenvalue weighted by Crippen LogP contribution is -2.12. The Morgan fingerprint density at radius 3 is 2.00 bits per heavy atom. The zero-order chi connectivity index (χ0) is 18.7. The van der Waals surface area contributed by atoms with Crippen molar-refractivity contribution in [2.24, 2.45) is 0 Å². The van der Waals surface area contributed by atoms with Gasteiger partial charge in [0.15, 0.2) is 10.6 Å². The lowest BCUT2D eigenvalue weighted by atomic mass is 10.1. The van der Waals surface area contributed by atoms with Gasteiger partial charge >= 0.3 is 0 Å². The summed E-state index contributed by atoms with van der Waals surface area (Å²) in [4.78, 5) is -2.30. The Bertz CT molecular complexity index is 1070. The van der Waals surface area contributed by atoms with Crippen LogP contribution in [-0.4, -0.2) is 25.9 Å². The van der Waals surface area contributed by atoms with Crippen LogP contribution in [0.1, 0.15) is 11.1 Å². The minimum atomic E-state index is -5.12. The Labute approximate surface area is 144 Å².